The third-order valence-corrected chi connectivity index (χ3v) is 2.28. The second kappa shape index (κ2) is 5.26. The highest BCUT2D eigenvalue weighted by atomic mass is 16.8. The Bertz CT molecular complexity index is 458. The largest absolute Gasteiger partial charge is 0.534 e. The van der Waals surface area contributed by atoms with E-state index in [9.17, 15) is 14.4 Å². The van der Waals surface area contributed by atoms with Crippen molar-refractivity contribution in [2.24, 2.45) is 0 Å². The molecule has 0 atom stereocenters. The zero-order valence-electron chi connectivity index (χ0n) is 9.37. The van der Waals surface area contributed by atoms with Gasteiger partial charge in [0.05, 0.1) is 0 Å². The van der Waals surface area contributed by atoms with Gasteiger partial charge in [-0.1, -0.05) is 5.06 Å². The number of carbonyl (C=O) groups excluding carboxylic acids is 3. The molecule has 2 rings (SSSR count). The highest BCUT2D eigenvalue weighted by Crippen LogP contribution is 2.12. The first-order chi connectivity index (χ1) is 8.66. The number of nitrogens with zero attached hydrogens (tertiary/aromatic N) is 2. The van der Waals surface area contributed by atoms with E-state index < -0.39 is 18.0 Å². The molecule has 0 radical (unpaired) electrons. The molecule has 2 amide bonds. The summed E-state index contributed by atoms with van der Waals surface area (Å²) in [5.74, 6) is -1.08. The van der Waals surface area contributed by atoms with Crippen molar-refractivity contribution in [3.05, 3.63) is 30.1 Å². The summed E-state index contributed by atoms with van der Waals surface area (Å²) in [6, 6.07) is 3.33. The maximum absolute atomic E-state index is 11.3. The Morgan fingerprint density at radius 2 is 1.83 bits per heavy atom. The molecular formula is C11H10N2O5. The topological polar surface area (TPSA) is 85.8 Å². The molecular weight excluding hydrogens is 240 g/mol. The first-order valence-electron chi connectivity index (χ1n) is 5.26. The summed E-state index contributed by atoms with van der Waals surface area (Å²) < 4.78 is 4.75. The van der Waals surface area contributed by atoms with Crippen molar-refractivity contribution in [3.63, 3.8) is 0 Å². The van der Waals surface area contributed by atoms with Crippen LogP contribution in [0, 0.1) is 0 Å². The summed E-state index contributed by atoms with van der Waals surface area (Å²) in [6.07, 6.45) is 2.12. The smallest absolute Gasteiger partial charge is 0.428 e. The van der Waals surface area contributed by atoms with Gasteiger partial charge in [-0.2, -0.15) is 0 Å². The number of hydrogen-bond donors (Lipinski definition) is 0. The van der Waals surface area contributed by atoms with Crippen molar-refractivity contribution in [2.45, 2.75) is 19.4 Å². The van der Waals surface area contributed by atoms with Gasteiger partial charge in [-0.05, 0) is 17.7 Å². The minimum Gasteiger partial charge on any atom is -0.428 e. The van der Waals surface area contributed by atoms with E-state index in [1.165, 1.54) is 0 Å². The van der Waals surface area contributed by atoms with Crippen molar-refractivity contribution in [1.29, 1.82) is 0 Å². The number of carbonyl (C=O) groups is 3. The van der Waals surface area contributed by atoms with Crippen LogP contribution >= 0.6 is 0 Å². The maximum Gasteiger partial charge on any atom is 0.534 e. The van der Waals surface area contributed by atoms with Crippen molar-refractivity contribution in [1.82, 2.24) is 10.0 Å². The zero-order valence-corrected chi connectivity index (χ0v) is 9.37. The van der Waals surface area contributed by atoms with Gasteiger partial charge in [-0.3, -0.25) is 19.4 Å². The number of hydroxylamine groups is 2. The second-order valence-corrected chi connectivity index (χ2v) is 3.57. The summed E-state index contributed by atoms with van der Waals surface area (Å²) in [5.41, 5.74) is 0.723. The molecule has 7 nitrogen and oxygen atoms in total. The Morgan fingerprint density at radius 1 is 1.22 bits per heavy atom. The molecule has 94 valence electrons. The highest BCUT2D eigenvalue weighted by Gasteiger charge is 2.33. The molecule has 1 aromatic rings. The van der Waals surface area contributed by atoms with Gasteiger partial charge >= 0.3 is 6.16 Å². The average Bonchev–Trinajstić information content (AvgIpc) is 2.69. The molecule has 2 heterocycles. The Morgan fingerprint density at radius 3 is 2.44 bits per heavy atom. The second-order valence-electron chi connectivity index (χ2n) is 3.57. The lowest BCUT2D eigenvalue weighted by molar-refractivity contribution is -0.177. The van der Waals surface area contributed by atoms with Crippen LogP contribution in [-0.2, 0) is 25.8 Å². The molecule has 1 saturated heterocycles. The molecule has 0 unspecified atom stereocenters. The molecule has 1 aliphatic rings. The van der Waals surface area contributed by atoms with Gasteiger partial charge in [0.2, 0.25) is 0 Å². The minimum atomic E-state index is -1.09. The number of hydrogen-bond acceptors (Lipinski definition) is 6. The molecule has 0 aromatic carbocycles. The predicted octanol–water partition coefficient (Wildman–Crippen LogP) is 0.799. The lowest BCUT2D eigenvalue weighted by Crippen LogP contribution is -2.32. The van der Waals surface area contributed by atoms with Crippen molar-refractivity contribution in [3.8, 4) is 0 Å². The maximum atomic E-state index is 11.3. The number of aromatic nitrogens is 1. The number of imide groups is 1. The quantitative estimate of drug-likeness (QED) is 0.582. The number of ether oxygens (including phenoxy) is 1. The number of pyridine rings is 1. The summed E-state index contributed by atoms with van der Waals surface area (Å²) in [5, 5.41) is 0.439. The van der Waals surface area contributed by atoms with Crippen LogP contribution in [0.15, 0.2) is 24.5 Å². The van der Waals surface area contributed by atoms with Crippen LogP contribution in [0.1, 0.15) is 18.4 Å². The van der Waals surface area contributed by atoms with Gasteiger partial charge in [-0.15, -0.1) is 0 Å². The molecule has 18 heavy (non-hydrogen) atoms. The monoisotopic (exact) mass is 250 g/mol. The van der Waals surface area contributed by atoms with E-state index in [1.54, 1.807) is 24.5 Å². The SMILES string of the molecule is O=C(OCc1ccncc1)ON1C(=O)CCC1=O. The Labute approximate surface area is 102 Å². The standard InChI is InChI=1S/C11H10N2O5/c14-9-1-2-10(15)13(9)18-11(16)17-7-8-3-5-12-6-4-8/h3-6H,1-2,7H2. The Hall–Kier alpha value is -2.44. The van der Waals surface area contributed by atoms with Crippen molar-refractivity contribution in [2.75, 3.05) is 0 Å². The van der Waals surface area contributed by atoms with Gasteiger partial charge in [-0.25, -0.2) is 4.79 Å². The van der Waals surface area contributed by atoms with Gasteiger partial charge in [0.25, 0.3) is 11.8 Å². The van der Waals surface area contributed by atoms with Crippen LogP contribution in [-0.4, -0.2) is 28.0 Å². The van der Waals surface area contributed by atoms with E-state index in [0.29, 0.717) is 5.06 Å². The third-order valence-electron chi connectivity index (χ3n) is 2.28. The van der Waals surface area contributed by atoms with Gasteiger partial charge in [0, 0.05) is 25.2 Å². The minimum absolute atomic E-state index is 0.0163. The fourth-order valence-electron chi connectivity index (χ4n) is 1.38. The number of amides is 2. The zero-order chi connectivity index (χ0) is 13.0. The van der Waals surface area contributed by atoms with E-state index in [1.807, 2.05) is 0 Å². The van der Waals surface area contributed by atoms with Gasteiger partial charge in [0.15, 0.2) is 0 Å². The van der Waals surface area contributed by atoms with Gasteiger partial charge < -0.3 is 4.74 Å². The van der Waals surface area contributed by atoms with Crippen molar-refractivity contribution >= 4 is 18.0 Å². The van der Waals surface area contributed by atoms with E-state index in [4.69, 9.17) is 4.74 Å². The first kappa shape index (κ1) is 12.0. The predicted molar refractivity (Wildman–Crippen MR) is 56.6 cm³/mol. The first-order valence-corrected chi connectivity index (χ1v) is 5.26. The molecule has 1 aromatic heterocycles. The van der Waals surface area contributed by atoms with Crippen LogP contribution in [0.2, 0.25) is 0 Å². The van der Waals surface area contributed by atoms with Crippen LogP contribution in [0.3, 0.4) is 0 Å². The summed E-state index contributed by atoms with van der Waals surface area (Å²) in [6.45, 7) is -0.0163. The lowest BCUT2D eigenvalue weighted by atomic mass is 10.3. The molecule has 0 aliphatic carbocycles. The third kappa shape index (κ3) is 2.82. The van der Waals surface area contributed by atoms with E-state index in [-0.39, 0.29) is 19.4 Å². The fourth-order valence-corrected chi connectivity index (χ4v) is 1.38. The van der Waals surface area contributed by atoms with E-state index in [0.717, 1.165) is 5.56 Å². The average molecular weight is 250 g/mol. The molecule has 0 spiro atoms. The molecule has 0 bridgehead atoms. The van der Waals surface area contributed by atoms with E-state index in [2.05, 4.69) is 9.82 Å². The molecule has 1 fully saturated rings. The van der Waals surface area contributed by atoms with Crippen LogP contribution in [0.25, 0.3) is 0 Å². The molecule has 0 saturated carbocycles. The fraction of sp³-hybridized carbons (Fsp3) is 0.273. The summed E-state index contributed by atoms with van der Waals surface area (Å²) in [4.78, 5) is 41.9. The van der Waals surface area contributed by atoms with Crippen LogP contribution in [0.4, 0.5) is 4.79 Å². The lowest BCUT2D eigenvalue weighted by Gasteiger charge is -2.12. The summed E-state index contributed by atoms with van der Waals surface area (Å²) >= 11 is 0. The van der Waals surface area contributed by atoms with Crippen molar-refractivity contribution < 1.29 is 24.0 Å². The summed E-state index contributed by atoms with van der Waals surface area (Å²) in [7, 11) is 0. The molecule has 1 aliphatic heterocycles. The highest BCUT2D eigenvalue weighted by molar-refractivity contribution is 6.01. The van der Waals surface area contributed by atoms with Crippen LogP contribution < -0.4 is 0 Å². The normalized spacial score (nSPS) is 14.8. The van der Waals surface area contributed by atoms with E-state index >= 15 is 0 Å². The van der Waals surface area contributed by atoms with Gasteiger partial charge in [0.1, 0.15) is 6.61 Å². The molecule has 0 N–H and O–H groups in total. The Kier molecular flexibility index (Phi) is 3.52. The Balaban J connectivity index is 1.82. The van der Waals surface area contributed by atoms with Crippen LogP contribution in [0.5, 0.6) is 0 Å². The number of rotatable bonds is 3. The molecule has 7 heteroatoms.